The van der Waals surface area contributed by atoms with Crippen molar-refractivity contribution in [2.24, 2.45) is 0 Å². The van der Waals surface area contributed by atoms with Crippen LogP contribution in [0, 0.1) is 63.7 Å². The predicted octanol–water partition coefficient (Wildman–Crippen LogP) is 8.99. The van der Waals surface area contributed by atoms with Crippen molar-refractivity contribution < 1.29 is 26.9 Å². The molecular formula is C34H39ClFeO2+2. The van der Waals surface area contributed by atoms with E-state index in [9.17, 15) is 5.11 Å². The van der Waals surface area contributed by atoms with Gasteiger partial charge < -0.3 is 9.84 Å². The normalized spacial score (nSPS) is 15.8. The molecule has 0 amide bonds. The maximum absolute atomic E-state index is 9.76. The summed E-state index contributed by atoms with van der Waals surface area (Å²) in [7, 11) is 0. The van der Waals surface area contributed by atoms with E-state index in [0.29, 0.717) is 0 Å². The number of hydrogen-bond acceptors (Lipinski definition) is 2. The molecule has 2 aromatic rings. The fourth-order valence-corrected chi connectivity index (χ4v) is 4.56. The van der Waals surface area contributed by atoms with Gasteiger partial charge in [0.05, 0.1) is 6.61 Å². The summed E-state index contributed by atoms with van der Waals surface area (Å²) in [6.07, 6.45) is 26.5. The Labute approximate surface area is 248 Å². The van der Waals surface area contributed by atoms with Gasteiger partial charge in [0.15, 0.2) is 0 Å². The van der Waals surface area contributed by atoms with Crippen molar-refractivity contribution >= 4 is 17.2 Å². The Balaban J connectivity index is 0.000000756. The average Bonchev–Trinajstić information content (AvgIpc) is 3.68. The molecule has 200 valence electrons. The van der Waals surface area contributed by atoms with Gasteiger partial charge >= 0.3 is 17.1 Å². The number of benzene rings is 2. The molecule has 38 heavy (non-hydrogen) atoms. The third kappa shape index (κ3) is 11.4. The van der Waals surface area contributed by atoms with E-state index < -0.39 is 0 Å². The van der Waals surface area contributed by atoms with Crippen molar-refractivity contribution in [1.29, 1.82) is 0 Å². The van der Waals surface area contributed by atoms with E-state index in [2.05, 4.69) is 56.9 Å². The number of allylic oxidation sites excluding steroid dienone is 1. The number of aromatic hydroxyl groups is 1. The van der Waals surface area contributed by atoms with Crippen molar-refractivity contribution in [2.45, 2.75) is 51.9 Å². The summed E-state index contributed by atoms with van der Waals surface area (Å²) in [5, 5.41) is 9.76. The second kappa shape index (κ2) is 19.6. The Bertz CT molecular complexity index is 889. The number of phenols is 1. The molecule has 0 atom stereocenters. The molecule has 0 heterocycles. The zero-order chi connectivity index (χ0) is 26.1. The number of unbranched alkanes of at least 4 members (excludes halogenated alkanes) is 5. The minimum atomic E-state index is 0. The van der Waals surface area contributed by atoms with E-state index in [1.165, 1.54) is 42.7 Å². The second-order valence-electron chi connectivity index (χ2n) is 9.07. The summed E-state index contributed by atoms with van der Waals surface area (Å²) in [5.41, 5.74) is 4.75. The Kier molecular flexibility index (Phi) is 16.9. The number of phenolic OH excluding ortho intramolecular Hbond substituents is 1. The standard InChI is InChI=1S/C29H34ClO2.C5H5.Fe/c1-2-28(23-11-7-8-12-23)29(24-13-17-26(31)18-14-24)25-15-19-27(20-16-25)32-22-10-6-4-3-5-9-21-30;1-2-4-5-3-1;/h7-8,11-20,31H,2-6,9-10,21-22H2,1H3;1-5H;/q;;+2/b29-28+;;. The van der Waals surface area contributed by atoms with Crippen LogP contribution < -0.4 is 4.74 Å². The largest absolute Gasteiger partial charge is 2.00 e. The summed E-state index contributed by atoms with van der Waals surface area (Å²) < 4.78 is 5.98. The third-order valence-corrected chi connectivity index (χ3v) is 6.58. The molecule has 4 heteroatoms. The minimum Gasteiger partial charge on any atom is -0.508 e. The first kappa shape index (κ1) is 32.8. The Morgan fingerprint density at radius 3 is 1.71 bits per heavy atom. The Morgan fingerprint density at radius 1 is 0.684 bits per heavy atom. The predicted molar refractivity (Wildman–Crippen MR) is 157 cm³/mol. The second-order valence-corrected chi connectivity index (χ2v) is 9.45. The maximum atomic E-state index is 9.76. The van der Waals surface area contributed by atoms with E-state index in [4.69, 9.17) is 16.3 Å². The molecule has 2 aliphatic carbocycles. The summed E-state index contributed by atoms with van der Waals surface area (Å²) in [6, 6.07) is 15.9. The SMILES string of the molecule is CC/C([C]1[CH][CH][CH][CH]1)=C(/c1ccc(O)cc1)c1ccc(OCCCCCCCCCl)cc1.[CH]1[CH][CH][CH][CH]1.[Fe+2]. The van der Waals surface area contributed by atoms with Crippen LogP contribution in [0.2, 0.25) is 0 Å². The van der Waals surface area contributed by atoms with Crippen LogP contribution in [0.1, 0.15) is 63.0 Å². The molecule has 4 rings (SSSR count). The van der Waals surface area contributed by atoms with Gasteiger partial charge in [0.1, 0.15) is 11.5 Å². The molecule has 2 aliphatic rings. The van der Waals surface area contributed by atoms with Gasteiger partial charge in [0.2, 0.25) is 0 Å². The van der Waals surface area contributed by atoms with Crippen LogP contribution in [0.3, 0.4) is 0 Å². The monoisotopic (exact) mass is 570 g/mol. The number of alkyl halides is 1. The van der Waals surface area contributed by atoms with Crippen LogP contribution in [-0.2, 0) is 17.1 Å². The quantitative estimate of drug-likeness (QED) is 0.148. The summed E-state index contributed by atoms with van der Waals surface area (Å²) in [6.45, 7) is 2.94. The van der Waals surface area contributed by atoms with E-state index in [-0.39, 0.29) is 22.8 Å². The van der Waals surface area contributed by atoms with Crippen molar-refractivity contribution in [1.82, 2.24) is 0 Å². The third-order valence-electron chi connectivity index (χ3n) is 6.32. The van der Waals surface area contributed by atoms with Crippen LogP contribution >= 0.6 is 11.6 Å². The Morgan fingerprint density at radius 2 is 1.18 bits per heavy atom. The smallest absolute Gasteiger partial charge is 0.508 e. The molecule has 0 aromatic heterocycles. The molecule has 0 spiro atoms. The summed E-state index contributed by atoms with van der Waals surface area (Å²) in [4.78, 5) is 0. The molecule has 2 fully saturated rings. The molecular weight excluding hydrogens is 532 g/mol. The van der Waals surface area contributed by atoms with Crippen molar-refractivity contribution in [3.05, 3.63) is 129 Å². The van der Waals surface area contributed by atoms with Crippen molar-refractivity contribution in [3.8, 4) is 11.5 Å². The van der Waals surface area contributed by atoms with Gasteiger partial charge in [-0.2, -0.15) is 0 Å². The van der Waals surface area contributed by atoms with Gasteiger partial charge in [-0.3, -0.25) is 0 Å². The average molecular weight is 571 g/mol. The zero-order valence-corrected chi connectivity index (χ0v) is 24.1. The van der Waals surface area contributed by atoms with Gasteiger partial charge in [0, 0.05) is 11.8 Å². The van der Waals surface area contributed by atoms with Gasteiger partial charge in [-0.1, -0.05) is 62.4 Å². The molecule has 10 radical (unpaired) electrons. The van der Waals surface area contributed by atoms with E-state index in [1.807, 2.05) is 44.2 Å². The van der Waals surface area contributed by atoms with Crippen molar-refractivity contribution in [2.75, 3.05) is 12.5 Å². The number of rotatable bonds is 13. The minimum absolute atomic E-state index is 0. The first-order chi connectivity index (χ1) is 18.2. The number of ether oxygens (including phenoxy) is 1. The van der Waals surface area contributed by atoms with Crippen LogP contribution in [0.15, 0.2) is 54.1 Å². The molecule has 0 unspecified atom stereocenters. The fraction of sp³-hybridized carbons (Fsp3) is 0.294. The first-order valence-corrected chi connectivity index (χ1v) is 14.0. The first-order valence-electron chi connectivity index (χ1n) is 13.4. The number of hydrogen-bond donors (Lipinski definition) is 1. The van der Waals surface area contributed by atoms with Gasteiger partial charge in [-0.05, 0) is 118 Å². The summed E-state index contributed by atoms with van der Waals surface area (Å²) in [5.74, 6) is 3.20. The van der Waals surface area contributed by atoms with Gasteiger partial charge in [-0.15, -0.1) is 11.6 Å². The molecule has 2 nitrogen and oxygen atoms in total. The molecule has 2 aromatic carbocycles. The number of halogens is 1. The molecule has 0 bridgehead atoms. The van der Waals surface area contributed by atoms with Crippen LogP contribution in [0.25, 0.3) is 5.57 Å². The van der Waals surface area contributed by atoms with Gasteiger partial charge in [-0.25, -0.2) is 0 Å². The summed E-state index contributed by atoms with van der Waals surface area (Å²) >= 11 is 5.72. The van der Waals surface area contributed by atoms with Crippen LogP contribution in [-0.4, -0.2) is 17.6 Å². The Hall–Kier alpha value is -1.41. The fourth-order valence-electron chi connectivity index (χ4n) is 4.38. The molecule has 0 saturated heterocycles. The molecule has 1 N–H and O–H groups in total. The zero-order valence-electron chi connectivity index (χ0n) is 22.3. The molecule has 0 aliphatic heterocycles. The van der Waals surface area contributed by atoms with E-state index in [1.54, 1.807) is 12.1 Å². The topological polar surface area (TPSA) is 29.5 Å². The van der Waals surface area contributed by atoms with E-state index in [0.717, 1.165) is 48.6 Å². The van der Waals surface area contributed by atoms with Crippen molar-refractivity contribution in [3.63, 3.8) is 0 Å². The van der Waals surface area contributed by atoms with Crippen LogP contribution in [0.4, 0.5) is 0 Å². The molecule has 2 saturated carbocycles. The van der Waals surface area contributed by atoms with Crippen LogP contribution in [0.5, 0.6) is 11.5 Å². The van der Waals surface area contributed by atoms with E-state index >= 15 is 0 Å². The maximum Gasteiger partial charge on any atom is 2.00 e. The van der Waals surface area contributed by atoms with Gasteiger partial charge in [0.25, 0.3) is 0 Å².